The molecule has 3 heterocycles. The second-order valence-corrected chi connectivity index (χ2v) is 12.0. The fourth-order valence-corrected chi connectivity index (χ4v) is 5.61. The van der Waals surface area contributed by atoms with Gasteiger partial charge in [0.2, 0.25) is 5.28 Å². The fourth-order valence-electron chi connectivity index (χ4n) is 4.21. The molecule has 212 valence electrons. The standard InChI is InChI=1S/C28H31ClFN5O4S/c1-6-16-38-25(36)33-18-9-7-8-17(20(18)30)21-22(19-10-13-31-24(29)32-19)40-23(34-21)28(5)11-14-35(15-12-28)26(37)39-27(2,3)4/h6-10,13H,1,11-12,14-16H2,2-5H3,(H,33,36). The first-order valence-electron chi connectivity index (χ1n) is 12.7. The maximum atomic E-state index is 15.8. The molecule has 1 fully saturated rings. The zero-order valence-corrected chi connectivity index (χ0v) is 24.4. The predicted octanol–water partition coefficient (Wildman–Crippen LogP) is 7.08. The van der Waals surface area contributed by atoms with E-state index >= 15 is 4.39 Å². The quantitative estimate of drug-likeness (QED) is 0.242. The van der Waals surface area contributed by atoms with Crippen LogP contribution in [-0.4, -0.2) is 57.3 Å². The van der Waals surface area contributed by atoms with Gasteiger partial charge in [-0.15, -0.1) is 11.3 Å². The number of carbonyl (C=O) groups is 2. The van der Waals surface area contributed by atoms with Crippen molar-refractivity contribution in [3.63, 3.8) is 0 Å². The van der Waals surface area contributed by atoms with Gasteiger partial charge in [-0.3, -0.25) is 5.32 Å². The predicted molar refractivity (Wildman–Crippen MR) is 153 cm³/mol. The van der Waals surface area contributed by atoms with Gasteiger partial charge in [-0.2, -0.15) is 0 Å². The van der Waals surface area contributed by atoms with Crippen molar-refractivity contribution >= 4 is 40.8 Å². The lowest BCUT2D eigenvalue weighted by atomic mass is 9.81. The molecule has 3 aromatic rings. The molecule has 1 N–H and O–H groups in total. The summed E-state index contributed by atoms with van der Waals surface area (Å²) in [5.74, 6) is -0.666. The van der Waals surface area contributed by atoms with Gasteiger partial charge >= 0.3 is 12.2 Å². The minimum atomic E-state index is -0.804. The first-order chi connectivity index (χ1) is 18.9. The lowest BCUT2D eigenvalue weighted by Crippen LogP contribution is -2.45. The van der Waals surface area contributed by atoms with Crippen LogP contribution in [0.1, 0.15) is 45.5 Å². The van der Waals surface area contributed by atoms with E-state index in [0.717, 1.165) is 5.01 Å². The minimum absolute atomic E-state index is 0.00878. The molecule has 0 radical (unpaired) electrons. The number of thiazole rings is 1. The average Bonchev–Trinajstić information content (AvgIpc) is 3.34. The number of aromatic nitrogens is 3. The smallest absolute Gasteiger partial charge is 0.412 e. The van der Waals surface area contributed by atoms with Crippen LogP contribution in [0.4, 0.5) is 19.7 Å². The van der Waals surface area contributed by atoms with Crippen molar-refractivity contribution in [1.82, 2.24) is 19.9 Å². The van der Waals surface area contributed by atoms with Crippen LogP contribution in [0, 0.1) is 5.82 Å². The third kappa shape index (κ3) is 6.76. The molecule has 1 aliphatic rings. The molecule has 1 aliphatic heterocycles. The number of ether oxygens (including phenoxy) is 2. The summed E-state index contributed by atoms with van der Waals surface area (Å²) in [6.07, 6.45) is 3.08. The monoisotopic (exact) mass is 587 g/mol. The zero-order valence-electron chi connectivity index (χ0n) is 22.8. The molecule has 2 aromatic heterocycles. The Morgan fingerprint density at radius 3 is 2.62 bits per heavy atom. The van der Waals surface area contributed by atoms with E-state index < -0.39 is 17.5 Å². The number of nitrogens with one attached hydrogen (secondary N) is 1. The third-order valence-corrected chi connectivity index (χ3v) is 7.91. The van der Waals surface area contributed by atoms with Crippen LogP contribution in [0.5, 0.6) is 0 Å². The molecule has 2 amide bonds. The Bertz CT molecular complexity index is 1420. The highest BCUT2D eigenvalue weighted by Gasteiger charge is 2.38. The lowest BCUT2D eigenvalue weighted by Gasteiger charge is -2.38. The summed E-state index contributed by atoms with van der Waals surface area (Å²) >= 11 is 7.49. The highest BCUT2D eigenvalue weighted by atomic mass is 35.5. The number of rotatable bonds is 6. The lowest BCUT2D eigenvalue weighted by molar-refractivity contribution is 0.0171. The van der Waals surface area contributed by atoms with Crippen LogP contribution in [0.3, 0.4) is 0 Å². The van der Waals surface area contributed by atoms with Gasteiger partial charge in [0, 0.05) is 30.3 Å². The summed E-state index contributed by atoms with van der Waals surface area (Å²) in [5, 5.41) is 3.26. The molecule has 12 heteroatoms. The van der Waals surface area contributed by atoms with Crippen molar-refractivity contribution in [3.05, 3.63) is 59.2 Å². The fraction of sp³-hybridized carbons (Fsp3) is 0.393. The topological polar surface area (TPSA) is 107 Å². The molecular formula is C28H31ClFN5O4S. The first-order valence-corrected chi connectivity index (χ1v) is 13.9. The Morgan fingerprint density at radius 2 is 1.98 bits per heavy atom. The Morgan fingerprint density at radius 1 is 1.25 bits per heavy atom. The molecule has 0 bridgehead atoms. The van der Waals surface area contributed by atoms with Gasteiger partial charge in [-0.25, -0.2) is 28.9 Å². The summed E-state index contributed by atoms with van der Waals surface area (Å²) in [6, 6.07) is 6.34. The molecule has 40 heavy (non-hydrogen) atoms. The first kappa shape index (κ1) is 29.4. The van der Waals surface area contributed by atoms with E-state index in [1.165, 1.54) is 29.7 Å². The molecule has 0 spiro atoms. The number of nitrogens with zero attached hydrogens (tertiary/aromatic N) is 4. The Labute approximate surface area is 241 Å². The summed E-state index contributed by atoms with van der Waals surface area (Å²) < 4.78 is 26.3. The summed E-state index contributed by atoms with van der Waals surface area (Å²) in [5.41, 5.74) is 0.0375. The van der Waals surface area contributed by atoms with Crippen LogP contribution in [0.25, 0.3) is 21.8 Å². The van der Waals surface area contributed by atoms with Crippen LogP contribution in [0.15, 0.2) is 43.1 Å². The molecule has 0 aliphatic carbocycles. The molecule has 4 rings (SSSR count). The molecule has 1 aromatic carbocycles. The zero-order chi connectivity index (χ0) is 29.1. The van der Waals surface area contributed by atoms with Crippen molar-refractivity contribution in [2.75, 3.05) is 25.0 Å². The van der Waals surface area contributed by atoms with Gasteiger partial charge in [0.1, 0.15) is 12.2 Å². The summed E-state index contributed by atoms with van der Waals surface area (Å²) in [4.78, 5) is 40.2. The third-order valence-electron chi connectivity index (χ3n) is 6.34. The van der Waals surface area contributed by atoms with E-state index in [1.54, 1.807) is 23.1 Å². The van der Waals surface area contributed by atoms with Crippen LogP contribution < -0.4 is 5.32 Å². The van der Waals surface area contributed by atoms with E-state index in [-0.39, 0.29) is 34.6 Å². The summed E-state index contributed by atoms with van der Waals surface area (Å²) in [7, 11) is 0. The van der Waals surface area contributed by atoms with Crippen molar-refractivity contribution in [1.29, 1.82) is 0 Å². The number of anilines is 1. The van der Waals surface area contributed by atoms with Crippen molar-refractivity contribution < 1.29 is 23.5 Å². The molecule has 0 unspecified atom stereocenters. The van der Waals surface area contributed by atoms with Crippen LogP contribution in [-0.2, 0) is 14.9 Å². The molecule has 0 saturated carbocycles. The van der Waals surface area contributed by atoms with Crippen LogP contribution >= 0.6 is 22.9 Å². The average molecular weight is 588 g/mol. The maximum Gasteiger partial charge on any atom is 0.412 e. The Kier molecular flexibility index (Phi) is 8.74. The number of hydrogen-bond donors (Lipinski definition) is 1. The number of amides is 2. The van der Waals surface area contributed by atoms with Crippen LogP contribution in [0.2, 0.25) is 5.28 Å². The van der Waals surface area contributed by atoms with Gasteiger partial charge in [0.25, 0.3) is 0 Å². The second kappa shape index (κ2) is 11.9. The van der Waals surface area contributed by atoms with Crippen molar-refractivity contribution in [2.45, 2.75) is 51.6 Å². The SMILES string of the molecule is C=CCOC(=O)Nc1cccc(-c2nc(C3(C)CCN(C(=O)OC(C)(C)C)CC3)sc2-c2ccnc(Cl)n2)c1F. The maximum absolute atomic E-state index is 15.8. The van der Waals surface area contributed by atoms with Crippen molar-refractivity contribution in [3.8, 4) is 21.8 Å². The number of halogens is 2. The highest BCUT2D eigenvalue weighted by molar-refractivity contribution is 7.15. The van der Waals surface area contributed by atoms with E-state index in [1.807, 2.05) is 20.8 Å². The van der Waals surface area contributed by atoms with E-state index in [4.69, 9.17) is 26.1 Å². The number of hydrogen-bond acceptors (Lipinski definition) is 8. The molecule has 1 saturated heterocycles. The van der Waals surface area contributed by atoms with Gasteiger partial charge < -0.3 is 14.4 Å². The Hall–Kier alpha value is -3.57. The molecule has 0 atom stereocenters. The minimum Gasteiger partial charge on any atom is -0.445 e. The normalized spacial score (nSPS) is 14.9. The number of piperidine rings is 1. The molecule has 9 nitrogen and oxygen atoms in total. The van der Waals surface area contributed by atoms with Gasteiger partial charge in [0.05, 0.1) is 27.0 Å². The molecular weight excluding hydrogens is 557 g/mol. The van der Waals surface area contributed by atoms with Gasteiger partial charge in [-0.1, -0.05) is 25.6 Å². The van der Waals surface area contributed by atoms with Crippen molar-refractivity contribution in [2.24, 2.45) is 0 Å². The van der Waals surface area contributed by atoms with Gasteiger partial charge in [-0.05, 0) is 63.4 Å². The second-order valence-electron chi connectivity index (χ2n) is 10.6. The van der Waals surface area contributed by atoms with Gasteiger partial charge in [0.15, 0.2) is 5.82 Å². The number of likely N-dealkylation sites (tertiary alicyclic amines) is 1. The van der Waals surface area contributed by atoms with E-state index in [0.29, 0.717) is 42.2 Å². The summed E-state index contributed by atoms with van der Waals surface area (Å²) in [6.45, 7) is 12.1. The number of benzene rings is 1. The Balaban J connectivity index is 1.69. The number of carbonyl (C=O) groups excluding carboxylic acids is 2. The van der Waals surface area contributed by atoms with E-state index in [9.17, 15) is 9.59 Å². The largest absolute Gasteiger partial charge is 0.445 e. The highest BCUT2D eigenvalue weighted by Crippen LogP contribution is 2.45. The van der Waals surface area contributed by atoms with E-state index in [2.05, 4.69) is 28.8 Å².